The molecule has 0 aliphatic carbocycles. The predicted octanol–water partition coefficient (Wildman–Crippen LogP) is 2.98. The first kappa shape index (κ1) is 20.0. The molecule has 3 N–H and O–H groups in total. The molecule has 1 heterocycles. The fraction of sp³-hybridized carbons (Fsp3) is 0.200. The Morgan fingerprint density at radius 2 is 1.93 bits per heavy atom. The molecule has 0 amide bonds. The summed E-state index contributed by atoms with van der Waals surface area (Å²) in [5.74, 6) is -0.0902. The molecular formula is C20H21N3O6. The Balaban J connectivity index is 2.51. The number of nitrogens with zero attached hydrogens (tertiary/aromatic N) is 3. The van der Waals surface area contributed by atoms with Gasteiger partial charge in [0, 0.05) is 31.9 Å². The van der Waals surface area contributed by atoms with Crippen molar-refractivity contribution in [3.63, 3.8) is 0 Å². The lowest BCUT2D eigenvalue weighted by atomic mass is 10.1. The molecule has 1 aromatic heterocycles. The largest absolute Gasteiger partial charge is 0.508 e. The van der Waals surface area contributed by atoms with Crippen LogP contribution in [0.1, 0.15) is 11.3 Å². The molecule has 0 aliphatic heterocycles. The fourth-order valence-corrected chi connectivity index (χ4v) is 3.24. The van der Waals surface area contributed by atoms with Crippen LogP contribution in [0, 0.1) is 10.1 Å². The van der Waals surface area contributed by atoms with Crippen molar-refractivity contribution >= 4 is 22.7 Å². The monoisotopic (exact) mass is 399 g/mol. The molecule has 2 aromatic carbocycles. The van der Waals surface area contributed by atoms with Crippen molar-refractivity contribution in [3.05, 3.63) is 57.9 Å². The standard InChI is InChI=1S/C20H21N3O6/c1-21(2)9-8-15-20(23(27)28)13-5-6-16(25)14(11-24)19(13)22(15)12-4-7-18(29-3)17(26)10-12/h4-10,24-26H,11H2,1-3H3. The zero-order chi connectivity index (χ0) is 21.3. The number of ether oxygens (including phenoxy) is 1. The van der Waals surface area contributed by atoms with E-state index in [-0.39, 0.29) is 45.1 Å². The quantitative estimate of drug-likeness (QED) is 0.430. The lowest BCUT2D eigenvalue weighted by molar-refractivity contribution is -0.383. The number of aromatic hydroxyl groups is 2. The fourth-order valence-electron chi connectivity index (χ4n) is 3.24. The van der Waals surface area contributed by atoms with Crippen LogP contribution in [0.25, 0.3) is 22.7 Å². The van der Waals surface area contributed by atoms with Crippen molar-refractivity contribution in [2.24, 2.45) is 0 Å². The molecule has 0 saturated heterocycles. The number of benzene rings is 2. The van der Waals surface area contributed by atoms with Gasteiger partial charge in [-0.15, -0.1) is 0 Å². The summed E-state index contributed by atoms with van der Waals surface area (Å²) < 4.78 is 6.60. The highest BCUT2D eigenvalue weighted by Crippen LogP contribution is 2.41. The zero-order valence-electron chi connectivity index (χ0n) is 16.2. The van der Waals surface area contributed by atoms with Crippen LogP contribution in [0.4, 0.5) is 5.69 Å². The molecule has 3 rings (SSSR count). The molecule has 0 fully saturated rings. The number of aliphatic hydroxyl groups excluding tert-OH is 1. The Kier molecular flexibility index (Phi) is 5.33. The lowest BCUT2D eigenvalue weighted by Gasteiger charge is -2.13. The summed E-state index contributed by atoms with van der Waals surface area (Å²) in [5, 5.41) is 42.5. The van der Waals surface area contributed by atoms with E-state index in [9.17, 15) is 25.4 Å². The second kappa shape index (κ2) is 7.72. The van der Waals surface area contributed by atoms with Gasteiger partial charge >= 0.3 is 5.69 Å². The van der Waals surface area contributed by atoms with Crippen LogP contribution < -0.4 is 4.74 Å². The first-order valence-electron chi connectivity index (χ1n) is 8.66. The second-order valence-electron chi connectivity index (χ2n) is 6.58. The summed E-state index contributed by atoms with van der Waals surface area (Å²) >= 11 is 0. The predicted molar refractivity (Wildman–Crippen MR) is 108 cm³/mol. The van der Waals surface area contributed by atoms with Crippen LogP contribution in [-0.4, -0.2) is 50.9 Å². The zero-order valence-corrected chi connectivity index (χ0v) is 16.2. The summed E-state index contributed by atoms with van der Waals surface area (Å²) in [6, 6.07) is 7.31. The van der Waals surface area contributed by atoms with E-state index in [4.69, 9.17) is 4.74 Å². The SMILES string of the molecule is COc1ccc(-n2c(C=CN(C)C)c([N+](=O)[O-])c3ccc(O)c(CO)c32)cc1O. The van der Waals surface area contributed by atoms with E-state index in [1.165, 1.54) is 35.9 Å². The van der Waals surface area contributed by atoms with Crippen LogP contribution in [0.2, 0.25) is 0 Å². The summed E-state index contributed by atoms with van der Waals surface area (Å²) in [5.41, 5.74) is 0.874. The smallest absolute Gasteiger partial charge is 0.302 e. The van der Waals surface area contributed by atoms with Gasteiger partial charge in [-0.1, -0.05) is 0 Å². The van der Waals surface area contributed by atoms with Crippen LogP contribution in [0.15, 0.2) is 36.5 Å². The lowest BCUT2D eigenvalue weighted by Crippen LogP contribution is -2.03. The van der Waals surface area contributed by atoms with Crippen LogP contribution in [-0.2, 0) is 6.61 Å². The van der Waals surface area contributed by atoms with E-state index < -0.39 is 11.5 Å². The van der Waals surface area contributed by atoms with E-state index in [1.54, 1.807) is 37.3 Å². The van der Waals surface area contributed by atoms with Gasteiger partial charge in [-0.05, 0) is 30.3 Å². The second-order valence-corrected chi connectivity index (χ2v) is 6.58. The topological polar surface area (TPSA) is 121 Å². The van der Waals surface area contributed by atoms with Gasteiger partial charge in [-0.2, -0.15) is 0 Å². The normalized spacial score (nSPS) is 11.3. The first-order chi connectivity index (χ1) is 13.8. The molecule has 3 aromatic rings. The molecule has 0 unspecified atom stereocenters. The van der Waals surface area contributed by atoms with Gasteiger partial charge in [0.15, 0.2) is 11.5 Å². The third-order valence-electron chi connectivity index (χ3n) is 4.51. The van der Waals surface area contributed by atoms with Crippen molar-refractivity contribution in [2.75, 3.05) is 21.2 Å². The maximum atomic E-state index is 11.9. The maximum Gasteiger partial charge on any atom is 0.302 e. The van der Waals surface area contributed by atoms with Gasteiger partial charge in [0.05, 0.1) is 35.2 Å². The molecule has 0 atom stereocenters. The number of methoxy groups -OCH3 is 1. The van der Waals surface area contributed by atoms with Crippen molar-refractivity contribution in [1.82, 2.24) is 9.47 Å². The molecule has 0 spiro atoms. The number of hydrogen-bond donors (Lipinski definition) is 3. The number of hydrogen-bond acceptors (Lipinski definition) is 7. The Hall–Kier alpha value is -3.72. The molecule has 9 nitrogen and oxygen atoms in total. The van der Waals surface area contributed by atoms with Crippen molar-refractivity contribution in [3.8, 4) is 22.9 Å². The Morgan fingerprint density at radius 1 is 1.21 bits per heavy atom. The van der Waals surface area contributed by atoms with Crippen LogP contribution in [0.3, 0.4) is 0 Å². The van der Waals surface area contributed by atoms with Crippen LogP contribution >= 0.6 is 0 Å². The summed E-state index contributed by atoms with van der Waals surface area (Å²) in [4.78, 5) is 13.1. The number of phenolic OH excluding ortho intramolecular Hbond substituents is 1. The van der Waals surface area contributed by atoms with Crippen molar-refractivity contribution < 1.29 is 25.0 Å². The summed E-state index contributed by atoms with van der Waals surface area (Å²) in [7, 11) is 4.97. The molecule has 0 bridgehead atoms. The minimum atomic E-state index is -0.524. The number of fused-ring (bicyclic) bond motifs is 1. The molecule has 0 saturated carbocycles. The van der Waals surface area contributed by atoms with E-state index in [0.29, 0.717) is 5.69 Å². The molecule has 9 heteroatoms. The number of phenols is 2. The molecular weight excluding hydrogens is 378 g/mol. The Bertz CT molecular complexity index is 1120. The van der Waals surface area contributed by atoms with Gasteiger partial charge in [0.25, 0.3) is 0 Å². The third kappa shape index (κ3) is 3.43. The average Bonchev–Trinajstić information content (AvgIpc) is 3.00. The highest BCUT2D eigenvalue weighted by Gasteiger charge is 2.28. The van der Waals surface area contributed by atoms with Crippen molar-refractivity contribution in [1.29, 1.82) is 0 Å². The number of aromatic nitrogens is 1. The molecule has 29 heavy (non-hydrogen) atoms. The first-order valence-corrected chi connectivity index (χ1v) is 8.66. The highest BCUT2D eigenvalue weighted by molar-refractivity contribution is 5.99. The number of nitro groups is 1. The molecule has 152 valence electrons. The third-order valence-corrected chi connectivity index (χ3v) is 4.51. The average molecular weight is 399 g/mol. The summed E-state index contributed by atoms with van der Waals surface area (Å²) in [6.07, 6.45) is 3.22. The molecule has 0 radical (unpaired) electrons. The van der Waals surface area contributed by atoms with E-state index in [1.807, 2.05) is 0 Å². The summed E-state index contributed by atoms with van der Waals surface area (Å²) in [6.45, 7) is -0.524. The van der Waals surface area contributed by atoms with E-state index in [2.05, 4.69) is 0 Å². The van der Waals surface area contributed by atoms with Gasteiger partial charge in [-0.3, -0.25) is 10.1 Å². The molecule has 0 aliphatic rings. The highest BCUT2D eigenvalue weighted by atomic mass is 16.6. The number of aliphatic hydroxyl groups is 1. The van der Waals surface area contributed by atoms with Crippen molar-refractivity contribution in [2.45, 2.75) is 6.61 Å². The Morgan fingerprint density at radius 3 is 2.48 bits per heavy atom. The van der Waals surface area contributed by atoms with Gasteiger partial charge < -0.3 is 29.5 Å². The van der Waals surface area contributed by atoms with E-state index in [0.717, 1.165) is 0 Å². The minimum Gasteiger partial charge on any atom is -0.508 e. The Labute approximate surface area is 166 Å². The van der Waals surface area contributed by atoms with Gasteiger partial charge in [0.1, 0.15) is 11.4 Å². The minimum absolute atomic E-state index is 0.144. The van der Waals surface area contributed by atoms with Gasteiger partial charge in [0.2, 0.25) is 0 Å². The van der Waals surface area contributed by atoms with Gasteiger partial charge in [-0.25, -0.2) is 0 Å². The maximum absolute atomic E-state index is 11.9. The number of rotatable bonds is 6. The van der Waals surface area contributed by atoms with E-state index >= 15 is 0 Å². The van der Waals surface area contributed by atoms with Crippen LogP contribution in [0.5, 0.6) is 17.2 Å².